The molecule has 3 N–H and O–H groups in total. The van der Waals surface area contributed by atoms with Gasteiger partial charge in [-0.3, -0.25) is 0 Å². The lowest BCUT2D eigenvalue weighted by Crippen LogP contribution is -2.35. The molecule has 1 unspecified atom stereocenters. The summed E-state index contributed by atoms with van der Waals surface area (Å²) < 4.78 is 5.90. The van der Waals surface area contributed by atoms with Gasteiger partial charge in [0, 0.05) is 5.56 Å². The molecular formula is C25H28N4O3. The molecule has 0 bridgehead atoms. The molecule has 0 aliphatic heterocycles. The van der Waals surface area contributed by atoms with Crippen molar-refractivity contribution in [2.45, 2.75) is 57.4 Å². The fourth-order valence-corrected chi connectivity index (χ4v) is 3.65. The van der Waals surface area contributed by atoms with Crippen molar-refractivity contribution >= 4 is 5.97 Å². The highest BCUT2D eigenvalue weighted by molar-refractivity contribution is 5.89. The Kier molecular flexibility index (Phi) is 6.75. The van der Waals surface area contributed by atoms with Gasteiger partial charge in [-0.1, -0.05) is 50.1 Å². The number of carboxylic acid groups (broad SMARTS) is 1. The molecule has 0 aliphatic carbocycles. The van der Waals surface area contributed by atoms with Gasteiger partial charge in [0.2, 0.25) is 11.8 Å². The number of aromatic carboxylic acids is 1. The van der Waals surface area contributed by atoms with Gasteiger partial charge in [-0.15, -0.1) is 10.2 Å². The Balaban J connectivity index is 1.99. The van der Waals surface area contributed by atoms with Crippen molar-refractivity contribution in [3.8, 4) is 17.5 Å². The molecule has 0 amide bonds. The molecule has 2 aromatic carbocycles. The van der Waals surface area contributed by atoms with Gasteiger partial charge in [0.05, 0.1) is 22.6 Å². The number of nitrogens with zero attached hydrogens (tertiary/aromatic N) is 3. The highest BCUT2D eigenvalue weighted by Crippen LogP contribution is 2.34. The normalized spacial score (nSPS) is 14.8. The lowest BCUT2D eigenvalue weighted by Gasteiger charge is -2.23. The van der Waals surface area contributed by atoms with Crippen LogP contribution in [0.5, 0.6) is 0 Å². The van der Waals surface area contributed by atoms with Gasteiger partial charge >= 0.3 is 5.97 Å². The molecule has 0 saturated carbocycles. The monoisotopic (exact) mass is 432 g/mol. The summed E-state index contributed by atoms with van der Waals surface area (Å²) in [7, 11) is 0. The van der Waals surface area contributed by atoms with Crippen molar-refractivity contribution in [2.75, 3.05) is 0 Å². The van der Waals surface area contributed by atoms with Crippen molar-refractivity contribution in [1.82, 2.24) is 10.2 Å². The minimum atomic E-state index is -1.09. The van der Waals surface area contributed by atoms with E-state index in [1.807, 2.05) is 44.2 Å². The van der Waals surface area contributed by atoms with Crippen LogP contribution in [0.2, 0.25) is 0 Å². The number of benzene rings is 2. The number of hydrogen-bond donors (Lipinski definition) is 2. The summed E-state index contributed by atoms with van der Waals surface area (Å²) in [6.45, 7) is 5.69. The lowest BCUT2D eigenvalue weighted by atomic mass is 9.78. The molecule has 0 saturated heterocycles. The van der Waals surface area contributed by atoms with Crippen LogP contribution in [-0.2, 0) is 17.4 Å². The molecule has 32 heavy (non-hydrogen) atoms. The second kappa shape index (κ2) is 9.33. The largest absolute Gasteiger partial charge is 0.478 e. The minimum absolute atomic E-state index is 0.0648. The SMILES string of the molecule is CCCCC(C)(C#N)c1cc(C(=O)O)cc(-c2nnc([C@](C)(N)Cc3ccccc3)o2)c1. The van der Waals surface area contributed by atoms with Crippen LogP contribution in [0.3, 0.4) is 0 Å². The van der Waals surface area contributed by atoms with Crippen LogP contribution in [0.15, 0.2) is 52.9 Å². The van der Waals surface area contributed by atoms with Crippen molar-refractivity contribution in [3.05, 3.63) is 71.1 Å². The Morgan fingerprint density at radius 3 is 2.53 bits per heavy atom. The second-order valence-electron chi connectivity index (χ2n) is 8.64. The van der Waals surface area contributed by atoms with E-state index in [-0.39, 0.29) is 17.3 Å². The zero-order chi connectivity index (χ0) is 23.4. The molecular weight excluding hydrogens is 404 g/mol. The zero-order valence-electron chi connectivity index (χ0n) is 18.6. The molecule has 1 heterocycles. The number of nitriles is 1. The number of nitrogens with two attached hydrogens (primary N) is 1. The van der Waals surface area contributed by atoms with Crippen LogP contribution in [0.1, 0.15) is 67.4 Å². The zero-order valence-corrected chi connectivity index (χ0v) is 18.6. The van der Waals surface area contributed by atoms with Crippen LogP contribution >= 0.6 is 0 Å². The van der Waals surface area contributed by atoms with Gasteiger partial charge in [0.25, 0.3) is 0 Å². The summed E-state index contributed by atoms with van der Waals surface area (Å²) in [6, 6.07) is 16.9. The first-order chi connectivity index (χ1) is 15.2. The highest BCUT2D eigenvalue weighted by Gasteiger charge is 2.31. The number of hydrogen-bond acceptors (Lipinski definition) is 6. The molecule has 2 atom stereocenters. The highest BCUT2D eigenvalue weighted by atomic mass is 16.4. The molecule has 3 aromatic rings. The van der Waals surface area contributed by atoms with Crippen LogP contribution in [0.25, 0.3) is 11.5 Å². The van der Waals surface area contributed by atoms with E-state index in [0.29, 0.717) is 24.0 Å². The summed E-state index contributed by atoms with van der Waals surface area (Å²) >= 11 is 0. The first kappa shape index (κ1) is 23.2. The first-order valence-corrected chi connectivity index (χ1v) is 10.7. The third kappa shape index (κ3) is 5.04. The molecule has 1 aromatic heterocycles. The fraction of sp³-hybridized carbons (Fsp3) is 0.360. The summed E-state index contributed by atoms with van der Waals surface area (Å²) in [5, 5.41) is 27.7. The van der Waals surface area contributed by atoms with E-state index in [4.69, 9.17) is 10.2 Å². The van der Waals surface area contributed by atoms with E-state index < -0.39 is 16.9 Å². The number of aromatic nitrogens is 2. The molecule has 0 radical (unpaired) electrons. The van der Waals surface area contributed by atoms with Gasteiger partial charge < -0.3 is 15.3 Å². The number of unbranched alkanes of at least 4 members (excludes halogenated alkanes) is 1. The lowest BCUT2D eigenvalue weighted by molar-refractivity contribution is 0.0696. The van der Waals surface area contributed by atoms with E-state index in [9.17, 15) is 15.2 Å². The van der Waals surface area contributed by atoms with Crippen molar-refractivity contribution in [2.24, 2.45) is 5.73 Å². The smallest absolute Gasteiger partial charge is 0.335 e. The minimum Gasteiger partial charge on any atom is -0.478 e. The average Bonchev–Trinajstić information content (AvgIpc) is 3.29. The maximum Gasteiger partial charge on any atom is 0.335 e. The maximum atomic E-state index is 11.8. The predicted molar refractivity (Wildman–Crippen MR) is 121 cm³/mol. The van der Waals surface area contributed by atoms with E-state index in [0.717, 1.165) is 18.4 Å². The van der Waals surface area contributed by atoms with Gasteiger partial charge in [-0.25, -0.2) is 4.79 Å². The van der Waals surface area contributed by atoms with Gasteiger partial charge in [0.15, 0.2) is 0 Å². The Bertz CT molecular complexity index is 1130. The van der Waals surface area contributed by atoms with E-state index >= 15 is 0 Å². The molecule has 7 heteroatoms. The molecule has 0 aliphatic rings. The quantitative estimate of drug-likeness (QED) is 0.496. The molecule has 3 rings (SSSR count). The number of carboxylic acids is 1. The van der Waals surface area contributed by atoms with Crippen molar-refractivity contribution in [3.63, 3.8) is 0 Å². The van der Waals surface area contributed by atoms with Crippen molar-refractivity contribution < 1.29 is 14.3 Å². The Morgan fingerprint density at radius 2 is 1.91 bits per heavy atom. The van der Waals surface area contributed by atoms with Crippen LogP contribution in [0.4, 0.5) is 0 Å². The summed E-state index contributed by atoms with van der Waals surface area (Å²) in [4.78, 5) is 11.8. The predicted octanol–water partition coefficient (Wildman–Crippen LogP) is 4.82. The molecule has 166 valence electrons. The third-order valence-corrected chi connectivity index (χ3v) is 5.67. The molecule has 7 nitrogen and oxygen atoms in total. The molecule has 0 spiro atoms. The first-order valence-electron chi connectivity index (χ1n) is 10.7. The average molecular weight is 433 g/mol. The van der Waals surface area contributed by atoms with Gasteiger partial charge in [0.1, 0.15) is 0 Å². The summed E-state index contributed by atoms with van der Waals surface area (Å²) in [5.41, 5.74) is 6.92. The number of rotatable bonds is 9. The van der Waals surface area contributed by atoms with Crippen molar-refractivity contribution in [1.29, 1.82) is 5.26 Å². The topological polar surface area (TPSA) is 126 Å². The van der Waals surface area contributed by atoms with Crippen LogP contribution in [-0.4, -0.2) is 21.3 Å². The third-order valence-electron chi connectivity index (χ3n) is 5.67. The summed E-state index contributed by atoms with van der Waals surface area (Å²) in [6.07, 6.45) is 2.91. The second-order valence-corrected chi connectivity index (χ2v) is 8.64. The Hall–Kier alpha value is -3.50. The van der Waals surface area contributed by atoms with Crippen LogP contribution in [0, 0.1) is 11.3 Å². The van der Waals surface area contributed by atoms with Gasteiger partial charge in [-0.2, -0.15) is 5.26 Å². The Morgan fingerprint density at radius 1 is 1.19 bits per heavy atom. The van der Waals surface area contributed by atoms with Gasteiger partial charge in [-0.05, 0) is 56.0 Å². The standard InChI is InChI=1S/C25H28N4O3/c1-4-5-11-24(2,16-26)20-13-18(12-19(14-20)22(30)31)21-28-29-23(32-21)25(3,27)15-17-9-7-6-8-10-17/h6-10,12-14H,4-5,11,15,27H2,1-3H3,(H,30,31)/t24?,25-/m1/s1. The number of carbonyl (C=O) groups is 1. The van der Waals surface area contributed by atoms with Crippen LogP contribution < -0.4 is 5.73 Å². The molecule has 0 fully saturated rings. The van der Waals surface area contributed by atoms with E-state index in [2.05, 4.69) is 23.2 Å². The van der Waals surface area contributed by atoms with E-state index in [1.165, 1.54) is 6.07 Å². The van der Waals surface area contributed by atoms with E-state index in [1.54, 1.807) is 12.1 Å². The maximum absolute atomic E-state index is 11.8. The fourth-order valence-electron chi connectivity index (χ4n) is 3.65. The Labute approximate surface area is 187 Å². The summed E-state index contributed by atoms with van der Waals surface area (Å²) in [5.74, 6) is -0.658.